The maximum atomic E-state index is 12.2. The van der Waals surface area contributed by atoms with Crippen molar-refractivity contribution in [3.05, 3.63) is 18.0 Å². The smallest absolute Gasteiger partial charge is 0.272 e. The average Bonchev–Trinajstić information content (AvgIpc) is 3.11. The summed E-state index contributed by atoms with van der Waals surface area (Å²) in [5.41, 5.74) is 0.367. The van der Waals surface area contributed by atoms with Gasteiger partial charge in [-0.15, -0.1) is 12.4 Å². The van der Waals surface area contributed by atoms with E-state index in [-0.39, 0.29) is 36.8 Å². The number of amides is 2. The number of halogens is 1. The zero-order valence-corrected chi connectivity index (χ0v) is 15.3. The first-order valence-corrected chi connectivity index (χ1v) is 9.06. The number of piperidine rings is 1. The van der Waals surface area contributed by atoms with Crippen LogP contribution in [0.25, 0.3) is 0 Å². The van der Waals surface area contributed by atoms with Gasteiger partial charge in [0, 0.05) is 18.8 Å². The van der Waals surface area contributed by atoms with E-state index in [9.17, 15) is 9.59 Å². The summed E-state index contributed by atoms with van der Waals surface area (Å²) in [6.07, 6.45) is 9.71. The zero-order valence-electron chi connectivity index (χ0n) is 14.5. The fourth-order valence-corrected chi connectivity index (χ4v) is 3.50. The molecule has 0 aromatic carbocycles. The Morgan fingerprint density at radius 2 is 2.00 bits per heavy atom. The van der Waals surface area contributed by atoms with Crippen molar-refractivity contribution in [2.75, 3.05) is 19.6 Å². The lowest BCUT2D eigenvalue weighted by Crippen LogP contribution is -2.42. The van der Waals surface area contributed by atoms with Crippen molar-refractivity contribution in [2.45, 2.75) is 57.0 Å². The molecule has 0 radical (unpaired) electrons. The molecule has 3 rings (SSSR count). The van der Waals surface area contributed by atoms with E-state index < -0.39 is 0 Å². The number of hydrogen-bond donors (Lipinski definition) is 3. The lowest BCUT2D eigenvalue weighted by Gasteiger charge is -2.23. The number of hydrogen-bond acceptors (Lipinski definition) is 4. The summed E-state index contributed by atoms with van der Waals surface area (Å²) in [6.45, 7) is 1.93. The molecule has 0 bridgehead atoms. The van der Waals surface area contributed by atoms with Crippen molar-refractivity contribution >= 4 is 24.2 Å². The molecule has 1 saturated heterocycles. The van der Waals surface area contributed by atoms with Gasteiger partial charge in [-0.3, -0.25) is 14.3 Å². The largest absolute Gasteiger partial charge is 0.352 e. The Balaban J connectivity index is 0.00000225. The molecule has 1 aromatic heterocycles. The Hall–Kier alpha value is -1.60. The Morgan fingerprint density at radius 1 is 1.20 bits per heavy atom. The van der Waals surface area contributed by atoms with Crippen molar-refractivity contribution in [3.63, 3.8) is 0 Å². The second-order valence-corrected chi connectivity index (χ2v) is 6.77. The van der Waals surface area contributed by atoms with E-state index in [1.807, 2.05) is 10.9 Å². The highest BCUT2D eigenvalue weighted by Crippen LogP contribution is 2.17. The molecule has 8 heteroatoms. The molecule has 1 aliphatic heterocycles. The molecule has 2 heterocycles. The molecular weight excluding hydrogens is 342 g/mol. The number of nitrogens with zero attached hydrogens (tertiary/aromatic N) is 2. The first kappa shape index (κ1) is 19.7. The number of carbonyl (C=O) groups excluding carboxylic acids is 2. The molecule has 140 valence electrons. The summed E-state index contributed by atoms with van der Waals surface area (Å²) in [5.74, 6) is -0.414. The molecule has 2 aliphatic rings. The normalized spacial score (nSPS) is 21.2. The standard InChI is InChI=1S/C17H27N5O2.ClH/c23-16(20-13-5-2-1-3-6-13)12-19-17(24)15-8-10-22(21-15)14-7-4-9-18-11-14;/h8,10,13-14,18H,1-7,9,11-12H2,(H,19,24)(H,20,23);1H. The van der Waals surface area contributed by atoms with Crippen LogP contribution < -0.4 is 16.0 Å². The van der Waals surface area contributed by atoms with Crippen LogP contribution in [0, 0.1) is 0 Å². The summed E-state index contributed by atoms with van der Waals surface area (Å²) < 4.78 is 1.85. The van der Waals surface area contributed by atoms with E-state index in [2.05, 4.69) is 21.0 Å². The van der Waals surface area contributed by atoms with Gasteiger partial charge in [0.05, 0.1) is 12.6 Å². The Labute approximate surface area is 154 Å². The highest BCUT2D eigenvalue weighted by molar-refractivity contribution is 5.94. The molecule has 1 unspecified atom stereocenters. The van der Waals surface area contributed by atoms with Gasteiger partial charge in [-0.05, 0) is 38.3 Å². The van der Waals surface area contributed by atoms with Gasteiger partial charge in [0.2, 0.25) is 5.91 Å². The van der Waals surface area contributed by atoms with E-state index in [0.717, 1.165) is 38.8 Å². The molecule has 1 aromatic rings. The zero-order chi connectivity index (χ0) is 16.8. The summed E-state index contributed by atoms with van der Waals surface area (Å²) in [5, 5.41) is 13.4. The maximum Gasteiger partial charge on any atom is 0.272 e. The molecule has 1 atom stereocenters. The van der Waals surface area contributed by atoms with Crippen LogP contribution in [0.1, 0.15) is 61.5 Å². The van der Waals surface area contributed by atoms with Gasteiger partial charge in [0.1, 0.15) is 5.69 Å². The predicted molar refractivity (Wildman–Crippen MR) is 98.0 cm³/mol. The van der Waals surface area contributed by atoms with E-state index in [0.29, 0.717) is 11.7 Å². The summed E-state index contributed by atoms with van der Waals surface area (Å²) in [4.78, 5) is 24.1. The van der Waals surface area contributed by atoms with Crippen molar-refractivity contribution in [1.29, 1.82) is 0 Å². The minimum Gasteiger partial charge on any atom is -0.352 e. The number of carbonyl (C=O) groups is 2. The van der Waals surface area contributed by atoms with Gasteiger partial charge in [0.25, 0.3) is 5.91 Å². The van der Waals surface area contributed by atoms with Crippen molar-refractivity contribution in [1.82, 2.24) is 25.7 Å². The van der Waals surface area contributed by atoms with Gasteiger partial charge < -0.3 is 16.0 Å². The third kappa shape index (κ3) is 5.71. The van der Waals surface area contributed by atoms with E-state index in [4.69, 9.17) is 0 Å². The van der Waals surface area contributed by atoms with Crippen molar-refractivity contribution in [3.8, 4) is 0 Å². The van der Waals surface area contributed by atoms with Crippen LogP contribution in [0.15, 0.2) is 12.3 Å². The van der Waals surface area contributed by atoms with Gasteiger partial charge >= 0.3 is 0 Å². The fourth-order valence-electron chi connectivity index (χ4n) is 3.50. The fraction of sp³-hybridized carbons (Fsp3) is 0.706. The first-order valence-electron chi connectivity index (χ1n) is 9.06. The highest BCUT2D eigenvalue weighted by Gasteiger charge is 2.19. The number of aromatic nitrogens is 2. The summed E-state index contributed by atoms with van der Waals surface area (Å²) >= 11 is 0. The van der Waals surface area contributed by atoms with Gasteiger partial charge in [-0.1, -0.05) is 19.3 Å². The number of rotatable bonds is 5. The van der Waals surface area contributed by atoms with Gasteiger partial charge in [-0.25, -0.2) is 0 Å². The lowest BCUT2D eigenvalue weighted by molar-refractivity contribution is -0.121. The average molecular weight is 370 g/mol. The first-order chi connectivity index (χ1) is 11.7. The van der Waals surface area contributed by atoms with Crippen LogP contribution in [0.3, 0.4) is 0 Å². The minimum absolute atomic E-state index is 0. The van der Waals surface area contributed by atoms with Crippen LogP contribution >= 0.6 is 12.4 Å². The van der Waals surface area contributed by atoms with Crippen LogP contribution in [0.4, 0.5) is 0 Å². The monoisotopic (exact) mass is 369 g/mol. The Kier molecular flexibility index (Phi) is 7.71. The minimum atomic E-state index is -0.295. The van der Waals surface area contributed by atoms with E-state index >= 15 is 0 Å². The van der Waals surface area contributed by atoms with Crippen LogP contribution in [0.5, 0.6) is 0 Å². The van der Waals surface area contributed by atoms with Crippen molar-refractivity contribution < 1.29 is 9.59 Å². The SMILES string of the molecule is Cl.O=C(CNC(=O)c1ccn(C2CCCNC2)n1)NC1CCCCC1. The summed E-state index contributed by atoms with van der Waals surface area (Å²) in [7, 11) is 0. The second kappa shape index (κ2) is 9.77. The third-order valence-corrected chi connectivity index (χ3v) is 4.87. The molecule has 0 spiro atoms. The maximum absolute atomic E-state index is 12.2. The molecule has 3 N–H and O–H groups in total. The van der Waals surface area contributed by atoms with Gasteiger partial charge in [-0.2, -0.15) is 5.10 Å². The lowest BCUT2D eigenvalue weighted by atomic mass is 9.95. The molecule has 7 nitrogen and oxygen atoms in total. The molecular formula is C17H28ClN5O2. The van der Waals surface area contributed by atoms with Crippen molar-refractivity contribution in [2.24, 2.45) is 0 Å². The molecule has 1 saturated carbocycles. The number of nitrogens with one attached hydrogen (secondary N) is 3. The van der Waals surface area contributed by atoms with Gasteiger partial charge in [0.15, 0.2) is 0 Å². The van der Waals surface area contributed by atoms with Crippen LogP contribution in [-0.4, -0.2) is 47.3 Å². The van der Waals surface area contributed by atoms with E-state index in [1.165, 1.54) is 19.3 Å². The molecule has 2 amide bonds. The Bertz CT molecular complexity index is 565. The second-order valence-electron chi connectivity index (χ2n) is 6.77. The quantitative estimate of drug-likeness (QED) is 0.732. The third-order valence-electron chi connectivity index (χ3n) is 4.87. The summed E-state index contributed by atoms with van der Waals surface area (Å²) in [6, 6.07) is 2.28. The molecule has 25 heavy (non-hydrogen) atoms. The predicted octanol–water partition coefficient (Wildman–Crippen LogP) is 1.41. The Morgan fingerprint density at radius 3 is 2.72 bits per heavy atom. The molecule has 2 fully saturated rings. The van der Waals surface area contributed by atoms with Crippen LogP contribution in [-0.2, 0) is 4.79 Å². The molecule has 1 aliphatic carbocycles. The van der Waals surface area contributed by atoms with Crippen LogP contribution in [0.2, 0.25) is 0 Å². The topological polar surface area (TPSA) is 88.1 Å². The highest BCUT2D eigenvalue weighted by atomic mass is 35.5. The van der Waals surface area contributed by atoms with E-state index in [1.54, 1.807) is 6.07 Å².